The smallest absolute Gasteiger partial charge is 0.247 e. The zero-order valence-electron chi connectivity index (χ0n) is 14.0. The van der Waals surface area contributed by atoms with Crippen LogP contribution in [0, 0.1) is 6.92 Å². The predicted octanol–water partition coefficient (Wildman–Crippen LogP) is 2.41. The van der Waals surface area contributed by atoms with Gasteiger partial charge in [0.05, 0.1) is 0 Å². The number of piperazine rings is 1. The highest BCUT2D eigenvalue weighted by atomic mass is 16.3. The third kappa shape index (κ3) is 3.71. The maximum absolute atomic E-state index is 12.7. The molecule has 1 atom stereocenters. The zero-order chi connectivity index (χ0) is 17.8. The molecule has 1 fully saturated rings. The number of phenolic OH excluding ortho intramolecular Hbond substituents is 1. The molecule has 2 amide bonds. The molecule has 5 heteroatoms. The largest absolute Gasteiger partial charge is 0.508 e. The maximum atomic E-state index is 12.7. The molecule has 3 rings (SSSR count). The third-order valence-corrected chi connectivity index (χ3v) is 4.27. The minimum Gasteiger partial charge on any atom is -0.508 e. The Hall–Kier alpha value is -3.08. The molecule has 0 aliphatic carbocycles. The molecule has 1 aliphatic heterocycles. The van der Waals surface area contributed by atoms with Crippen LogP contribution in [0.5, 0.6) is 5.75 Å². The van der Waals surface area contributed by atoms with E-state index in [2.05, 4.69) is 5.32 Å². The van der Waals surface area contributed by atoms with E-state index in [0.717, 1.165) is 16.7 Å². The van der Waals surface area contributed by atoms with E-state index >= 15 is 0 Å². The first-order valence-electron chi connectivity index (χ1n) is 8.17. The van der Waals surface area contributed by atoms with Crippen LogP contribution in [0.3, 0.4) is 0 Å². The van der Waals surface area contributed by atoms with Gasteiger partial charge in [-0.2, -0.15) is 0 Å². The molecule has 2 N–H and O–H groups in total. The Balaban J connectivity index is 1.86. The van der Waals surface area contributed by atoms with Crippen molar-refractivity contribution < 1.29 is 14.7 Å². The van der Waals surface area contributed by atoms with Crippen molar-refractivity contribution in [2.24, 2.45) is 0 Å². The number of benzene rings is 2. The van der Waals surface area contributed by atoms with Crippen molar-refractivity contribution in [1.29, 1.82) is 0 Å². The number of rotatable bonds is 3. The van der Waals surface area contributed by atoms with Gasteiger partial charge in [-0.05, 0) is 41.8 Å². The summed E-state index contributed by atoms with van der Waals surface area (Å²) < 4.78 is 0. The minimum absolute atomic E-state index is 0.143. The fourth-order valence-electron chi connectivity index (χ4n) is 3.00. The Morgan fingerprint density at radius 2 is 2.04 bits per heavy atom. The summed E-state index contributed by atoms with van der Waals surface area (Å²) in [7, 11) is 0. The summed E-state index contributed by atoms with van der Waals surface area (Å²) in [6.45, 7) is 2.82. The van der Waals surface area contributed by atoms with E-state index in [9.17, 15) is 14.7 Å². The van der Waals surface area contributed by atoms with Gasteiger partial charge in [-0.15, -0.1) is 0 Å². The van der Waals surface area contributed by atoms with Crippen molar-refractivity contribution in [3.63, 3.8) is 0 Å². The van der Waals surface area contributed by atoms with Crippen molar-refractivity contribution in [2.45, 2.75) is 13.0 Å². The molecule has 1 heterocycles. The second-order valence-electron chi connectivity index (χ2n) is 6.01. The first kappa shape index (κ1) is 16.8. The molecular formula is C20H20N2O3. The second kappa shape index (κ2) is 7.21. The summed E-state index contributed by atoms with van der Waals surface area (Å²) in [6, 6.07) is 13.6. The summed E-state index contributed by atoms with van der Waals surface area (Å²) in [5.74, 6) is -0.254. The van der Waals surface area contributed by atoms with Crippen LogP contribution < -0.4 is 5.32 Å². The highest BCUT2D eigenvalue weighted by Crippen LogP contribution is 2.26. The number of nitrogens with one attached hydrogen (secondary N) is 1. The van der Waals surface area contributed by atoms with Gasteiger partial charge in [0, 0.05) is 19.2 Å². The van der Waals surface area contributed by atoms with Crippen molar-refractivity contribution in [1.82, 2.24) is 10.2 Å². The summed E-state index contributed by atoms with van der Waals surface area (Å²) in [5.41, 5.74) is 2.53. The molecule has 2 aromatic carbocycles. The Morgan fingerprint density at radius 3 is 2.80 bits per heavy atom. The van der Waals surface area contributed by atoms with Crippen molar-refractivity contribution in [3.8, 4) is 5.75 Å². The number of phenols is 1. The molecule has 128 valence electrons. The molecular weight excluding hydrogens is 316 g/mol. The molecule has 0 spiro atoms. The highest BCUT2D eigenvalue weighted by molar-refractivity contribution is 5.96. The van der Waals surface area contributed by atoms with Gasteiger partial charge < -0.3 is 15.3 Å². The fraction of sp³-hybridized carbons (Fsp3) is 0.200. The van der Waals surface area contributed by atoms with E-state index in [4.69, 9.17) is 0 Å². The normalized spacial score (nSPS) is 17.6. The van der Waals surface area contributed by atoms with Gasteiger partial charge in [0.2, 0.25) is 11.8 Å². The Bertz CT molecular complexity index is 829. The third-order valence-electron chi connectivity index (χ3n) is 4.27. The molecule has 0 bridgehead atoms. The van der Waals surface area contributed by atoms with Crippen LogP contribution in [0.1, 0.15) is 22.7 Å². The van der Waals surface area contributed by atoms with E-state index in [0.29, 0.717) is 13.1 Å². The Labute approximate surface area is 146 Å². The lowest BCUT2D eigenvalue weighted by atomic mass is 9.97. The van der Waals surface area contributed by atoms with Crippen LogP contribution in [0.15, 0.2) is 54.6 Å². The lowest BCUT2D eigenvalue weighted by Gasteiger charge is -2.35. The lowest BCUT2D eigenvalue weighted by Crippen LogP contribution is -2.51. The van der Waals surface area contributed by atoms with Gasteiger partial charge in [0.1, 0.15) is 11.8 Å². The van der Waals surface area contributed by atoms with Gasteiger partial charge in [-0.1, -0.05) is 36.4 Å². The van der Waals surface area contributed by atoms with Gasteiger partial charge in [-0.3, -0.25) is 9.59 Å². The number of aryl methyl sites for hydroxylation is 1. The van der Waals surface area contributed by atoms with E-state index < -0.39 is 6.04 Å². The fourth-order valence-corrected chi connectivity index (χ4v) is 3.00. The van der Waals surface area contributed by atoms with Crippen LogP contribution in [-0.4, -0.2) is 34.9 Å². The van der Waals surface area contributed by atoms with E-state index in [1.807, 2.05) is 31.2 Å². The van der Waals surface area contributed by atoms with Crippen LogP contribution in [0.4, 0.5) is 0 Å². The number of amides is 2. The standard InChI is InChI=1S/C20H20N2O3/c1-14-5-2-3-8-17(14)19-20(25)21-11-12-22(19)18(24)10-9-15-6-4-7-16(23)13-15/h2-10,13,19,23H,11-12H2,1H3,(H,21,25)/b10-9+. The summed E-state index contributed by atoms with van der Waals surface area (Å²) in [5, 5.41) is 12.3. The number of carbonyl (C=O) groups excluding carboxylic acids is 2. The van der Waals surface area contributed by atoms with E-state index in [1.54, 1.807) is 35.2 Å². The summed E-state index contributed by atoms with van der Waals surface area (Å²) in [6.07, 6.45) is 3.09. The van der Waals surface area contributed by atoms with Crippen LogP contribution in [-0.2, 0) is 9.59 Å². The van der Waals surface area contributed by atoms with Crippen LogP contribution in [0.2, 0.25) is 0 Å². The summed E-state index contributed by atoms with van der Waals surface area (Å²) >= 11 is 0. The van der Waals surface area contributed by atoms with Gasteiger partial charge in [0.15, 0.2) is 0 Å². The second-order valence-corrected chi connectivity index (χ2v) is 6.01. The number of hydrogen-bond acceptors (Lipinski definition) is 3. The monoisotopic (exact) mass is 336 g/mol. The van der Waals surface area contributed by atoms with Crippen molar-refractivity contribution >= 4 is 17.9 Å². The number of hydrogen-bond donors (Lipinski definition) is 2. The minimum atomic E-state index is -0.628. The first-order chi connectivity index (χ1) is 12.1. The summed E-state index contributed by atoms with van der Waals surface area (Å²) in [4.78, 5) is 26.7. The molecule has 0 saturated carbocycles. The van der Waals surface area contributed by atoms with Gasteiger partial charge in [0.25, 0.3) is 0 Å². The molecule has 5 nitrogen and oxygen atoms in total. The average molecular weight is 336 g/mol. The number of nitrogens with zero attached hydrogens (tertiary/aromatic N) is 1. The average Bonchev–Trinajstić information content (AvgIpc) is 2.60. The molecule has 1 saturated heterocycles. The maximum Gasteiger partial charge on any atom is 0.247 e. The van der Waals surface area contributed by atoms with Gasteiger partial charge >= 0.3 is 0 Å². The predicted molar refractivity (Wildman–Crippen MR) is 95.8 cm³/mol. The molecule has 0 aromatic heterocycles. The van der Waals surface area contributed by atoms with Crippen molar-refractivity contribution in [3.05, 3.63) is 71.3 Å². The SMILES string of the molecule is Cc1ccccc1C1C(=O)NCCN1C(=O)/C=C/c1cccc(O)c1. The van der Waals surface area contributed by atoms with Crippen molar-refractivity contribution in [2.75, 3.05) is 13.1 Å². The Morgan fingerprint density at radius 1 is 1.24 bits per heavy atom. The van der Waals surface area contributed by atoms with Gasteiger partial charge in [-0.25, -0.2) is 0 Å². The lowest BCUT2D eigenvalue weighted by molar-refractivity contribution is -0.140. The van der Waals surface area contributed by atoms with Crippen LogP contribution >= 0.6 is 0 Å². The van der Waals surface area contributed by atoms with E-state index in [1.165, 1.54) is 6.08 Å². The topological polar surface area (TPSA) is 69.6 Å². The molecule has 2 aromatic rings. The number of carbonyl (C=O) groups is 2. The molecule has 1 aliphatic rings. The van der Waals surface area contributed by atoms with E-state index in [-0.39, 0.29) is 17.6 Å². The quantitative estimate of drug-likeness (QED) is 0.846. The Kier molecular flexibility index (Phi) is 4.84. The molecule has 25 heavy (non-hydrogen) atoms. The molecule has 0 radical (unpaired) electrons. The molecule has 1 unspecified atom stereocenters. The first-order valence-corrected chi connectivity index (χ1v) is 8.17. The highest BCUT2D eigenvalue weighted by Gasteiger charge is 2.34. The van der Waals surface area contributed by atoms with Crippen LogP contribution in [0.25, 0.3) is 6.08 Å². The number of aromatic hydroxyl groups is 1. The zero-order valence-corrected chi connectivity index (χ0v) is 14.0.